The van der Waals surface area contributed by atoms with Gasteiger partial charge in [-0.3, -0.25) is 14.5 Å². The van der Waals surface area contributed by atoms with Gasteiger partial charge in [-0.05, 0) is 73.1 Å². The number of carbonyl (C=O) groups is 2. The predicted octanol–water partition coefficient (Wildman–Crippen LogP) is 5.77. The second-order valence-corrected chi connectivity index (χ2v) is 10.5. The first-order valence-corrected chi connectivity index (χ1v) is 13.8. The van der Waals surface area contributed by atoms with Crippen LogP contribution >= 0.6 is 0 Å². The van der Waals surface area contributed by atoms with Crippen molar-refractivity contribution < 1.29 is 24.2 Å². The predicted molar refractivity (Wildman–Crippen MR) is 146 cm³/mol. The molecule has 2 amide bonds. The van der Waals surface area contributed by atoms with Crippen LogP contribution in [-0.4, -0.2) is 47.7 Å². The van der Waals surface area contributed by atoms with Crippen molar-refractivity contribution in [1.29, 1.82) is 0 Å². The maximum Gasteiger partial charge on any atom is 0.233 e. The molecule has 2 saturated heterocycles. The summed E-state index contributed by atoms with van der Waals surface area (Å²) in [6.45, 7) is 5.50. The zero-order chi connectivity index (χ0) is 26.6. The lowest BCUT2D eigenvalue weighted by Crippen LogP contribution is -2.35. The highest BCUT2D eigenvalue weighted by atomic mass is 16.5. The third-order valence-corrected chi connectivity index (χ3v) is 8.15. The number of amides is 2. The summed E-state index contributed by atoms with van der Waals surface area (Å²) in [7, 11) is 0. The fraction of sp³-hybridized carbons (Fsp3) is 0.438. The van der Waals surface area contributed by atoms with E-state index < -0.39 is 0 Å². The van der Waals surface area contributed by atoms with E-state index in [2.05, 4.69) is 13.0 Å². The van der Waals surface area contributed by atoms with E-state index in [1.165, 1.54) is 16.0 Å². The largest absolute Gasteiger partial charge is 0.508 e. The summed E-state index contributed by atoms with van der Waals surface area (Å²) >= 11 is 0. The lowest BCUT2D eigenvalue weighted by atomic mass is 9.69. The molecule has 6 nitrogen and oxygen atoms in total. The molecule has 2 fully saturated rings. The molecule has 200 valence electrons. The highest BCUT2D eigenvalue weighted by Gasteiger charge is 2.56. The van der Waals surface area contributed by atoms with Crippen molar-refractivity contribution in [1.82, 2.24) is 4.90 Å². The third kappa shape index (κ3) is 5.28. The van der Waals surface area contributed by atoms with E-state index in [0.717, 1.165) is 42.6 Å². The molecule has 5 rings (SSSR count). The standard InChI is InChI=1S/C32H37NO5/c1-3-16-33-31(35)26-18-23(19-37-25-8-6-5-7-9-25)29-27(30(26)32(33)36)20-38-28(29)15-12-21(4-2)17-22-10-13-24(34)14-11-22/h5-11,13-14,17,26-28,30,34H,3-4,12,15-16,18-20H2,1-2H3/b21-17+/t26-,27+,28-,30-/m1/s1. The average molecular weight is 516 g/mol. The van der Waals surface area contributed by atoms with Crippen LogP contribution in [0.25, 0.3) is 6.08 Å². The minimum absolute atomic E-state index is 0.0295. The molecule has 0 bridgehead atoms. The van der Waals surface area contributed by atoms with E-state index in [1.54, 1.807) is 12.1 Å². The number of imide groups is 1. The van der Waals surface area contributed by atoms with Gasteiger partial charge in [0.05, 0.1) is 24.5 Å². The van der Waals surface area contributed by atoms with Gasteiger partial charge in [-0.2, -0.15) is 0 Å². The Morgan fingerprint density at radius 1 is 1.05 bits per heavy atom. The van der Waals surface area contributed by atoms with Crippen molar-refractivity contribution in [3.63, 3.8) is 0 Å². The highest BCUT2D eigenvalue weighted by molar-refractivity contribution is 6.06. The minimum atomic E-state index is -0.326. The van der Waals surface area contributed by atoms with Crippen LogP contribution in [0.1, 0.15) is 51.5 Å². The van der Waals surface area contributed by atoms with Gasteiger partial charge in [0.15, 0.2) is 0 Å². The Labute approximate surface area is 224 Å². The van der Waals surface area contributed by atoms with Crippen LogP contribution in [0, 0.1) is 17.8 Å². The summed E-state index contributed by atoms with van der Waals surface area (Å²) in [5.74, 6) is 0.271. The molecule has 0 radical (unpaired) electrons. The number of benzene rings is 2. The van der Waals surface area contributed by atoms with Gasteiger partial charge < -0.3 is 14.6 Å². The minimum Gasteiger partial charge on any atom is -0.508 e. The molecule has 2 aromatic carbocycles. The number of nitrogens with zero attached hydrogens (tertiary/aromatic N) is 1. The molecule has 0 spiro atoms. The molecule has 38 heavy (non-hydrogen) atoms. The second-order valence-electron chi connectivity index (χ2n) is 10.5. The fourth-order valence-electron chi connectivity index (χ4n) is 6.28. The summed E-state index contributed by atoms with van der Waals surface area (Å²) in [4.78, 5) is 28.1. The number of hydrogen-bond acceptors (Lipinski definition) is 5. The molecule has 4 atom stereocenters. The van der Waals surface area contributed by atoms with Gasteiger partial charge in [0.2, 0.25) is 11.8 Å². The Morgan fingerprint density at radius 3 is 2.53 bits per heavy atom. The summed E-state index contributed by atoms with van der Waals surface area (Å²) in [6.07, 6.45) is 6.01. The molecule has 0 saturated carbocycles. The van der Waals surface area contributed by atoms with Crippen LogP contribution in [0.3, 0.4) is 0 Å². The van der Waals surface area contributed by atoms with Gasteiger partial charge in [0.1, 0.15) is 18.1 Å². The molecular formula is C32H37NO5. The topological polar surface area (TPSA) is 76.1 Å². The second kappa shape index (κ2) is 11.6. The van der Waals surface area contributed by atoms with Gasteiger partial charge in [0.25, 0.3) is 0 Å². The smallest absolute Gasteiger partial charge is 0.233 e. The first-order chi connectivity index (χ1) is 18.5. The first kappa shape index (κ1) is 26.2. The summed E-state index contributed by atoms with van der Waals surface area (Å²) < 4.78 is 12.5. The van der Waals surface area contributed by atoms with Gasteiger partial charge in [0, 0.05) is 12.5 Å². The van der Waals surface area contributed by atoms with Crippen LogP contribution in [0.4, 0.5) is 0 Å². The van der Waals surface area contributed by atoms with Gasteiger partial charge in [-0.1, -0.05) is 55.8 Å². The van der Waals surface area contributed by atoms with E-state index in [4.69, 9.17) is 9.47 Å². The molecule has 6 heteroatoms. The number of rotatable bonds is 10. The normalized spacial score (nSPS) is 25.1. The van der Waals surface area contributed by atoms with Gasteiger partial charge in [-0.15, -0.1) is 0 Å². The Hall–Kier alpha value is -3.38. The fourth-order valence-corrected chi connectivity index (χ4v) is 6.28. The first-order valence-electron chi connectivity index (χ1n) is 13.8. The van der Waals surface area contributed by atoms with E-state index in [0.29, 0.717) is 26.2 Å². The number of allylic oxidation sites excluding steroid dienone is 1. The third-order valence-electron chi connectivity index (χ3n) is 8.15. The van der Waals surface area contributed by atoms with E-state index >= 15 is 0 Å². The lowest BCUT2D eigenvalue weighted by molar-refractivity contribution is -0.140. The number of carbonyl (C=O) groups excluding carboxylic acids is 2. The van der Waals surface area contributed by atoms with Crippen molar-refractivity contribution in [2.75, 3.05) is 19.8 Å². The highest BCUT2D eigenvalue weighted by Crippen LogP contribution is 2.50. The number of hydrogen-bond donors (Lipinski definition) is 1. The maximum absolute atomic E-state index is 13.4. The van der Waals surface area contributed by atoms with Gasteiger partial charge in [-0.25, -0.2) is 0 Å². The van der Waals surface area contributed by atoms with Crippen LogP contribution in [0.2, 0.25) is 0 Å². The Morgan fingerprint density at radius 2 is 1.82 bits per heavy atom. The van der Waals surface area contributed by atoms with Crippen molar-refractivity contribution in [3.05, 3.63) is 76.9 Å². The molecule has 1 aliphatic carbocycles. The number of phenolic OH excluding ortho intramolecular Hbond substituents is 1. The van der Waals surface area contributed by atoms with E-state index in [9.17, 15) is 14.7 Å². The molecule has 0 unspecified atom stereocenters. The number of ether oxygens (including phenoxy) is 2. The van der Waals surface area contributed by atoms with Crippen molar-refractivity contribution in [2.45, 2.75) is 52.1 Å². The number of para-hydroxylation sites is 1. The molecule has 2 aliphatic heterocycles. The quantitative estimate of drug-likeness (QED) is 0.321. The zero-order valence-corrected chi connectivity index (χ0v) is 22.3. The van der Waals surface area contributed by atoms with Crippen LogP contribution in [-0.2, 0) is 14.3 Å². The van der Waals surface area contributed by atoms with Crippen molar-refractivity contribution >= 4 is 17.9 Å². The summed E-state index contributed by atoms with van der Waals surface area (Å²) in [5, 5.41) is 9.59. The van der Waals surface area contributed by atoms with Gasteiger partial charge >= 0.3 is 0 Å². The van der Waals surface area contributed by atoms with E-state index in [-0.39, 0.29) is 41.4 Å². The average Bonchev–Trinajstić information content (AvgIpc) is 3.46. The Kier molecular flexibility index (Phi) is 7.98. The molecular weight excluding hydrogens is 478 g/mol. The molecule has 2 aromatic rings. The van der Waals surface area contributed by atoms with Crippen LogP contribution in [0.15, 0.2) is 71.3 Å². The van der Waals surface area contributed by atoms with Crippen molar-refractivity contribution in [2.24, 2.45) is 17.8 Å². The maximum atomic E-state index is 13.4. The SMILES string of the molecule is CCCN1C(=O)[C@@H]2[C@@H](CC(COc3ccccc3)=C3[C@@H](CC/C(=C/c4ccc(O)cc4)CC)OC[C@@H]32)C1=O. The molecule has 2 heterocycles. The van der Waals surface area contributed by atoms with Crippen LogP contribution < -0.4 is 4.74 Å². The molecule has 0 aromatic heterocycles. The number of fused-ring (bicyclic) bond motifs is 3. The Balaban J connectivity index is 1.39. The summed E-state index contributed by atoms with van der Waals surface area (Å²) in [6, 6.07) is 17.0. The Bertz CT molecular complexity index is 1220. The number of phenols is 1. The lowest BCUT2D eigenvalue weighted by Gasteiger charge is -2.31. The van der Waals surface area contributed by atoms with Crippen LogP contribution in [0.5, 0.6) is 11.5 Å². The zero-order valence-electron chi connectivity index (χ0n) is 22.3. The molecule has 1 N–H and O–H groups in total. The van der Waals surface area contributed by atoms with Crippen molar-refractivity contribution in [3.8, 4) is 11.5 Å². The number of likely N-dealkylation sites (tertiary alicyclic amines) is 1. The summed E-state index contributed by atoms with van der Waals surface area (Å²) in [5.41, 5.74) is 4.66. The molecule has 3 aliphatic rings. The number of aromatic hydroxyl groups is 1. The monoisotopic (exact) mass is 515 g/mol. The van der Waals surface area contributed by atoms with E-state index in [1.807, 2.05) is 49.4 Å².